The number of nitrogens with one attached hydrogen (secondary N) is 1. The number of hydrogen-bond acceptors (Lipinski definition) is 5. The molecule has 3 heterocycles. The molecule has 5 rings (SSSR count). The van der Waals surface area contributed by atoms with Gasteiger partial charge in [-0.2, -0.15) is 0 Å². The van der Waals surface area contributed by atoms with E-state index in [1.165, 1.54) is 5.56 Å². The second-order valence-electron chi connectivity index (χ2n) is 9.05. The van der Waals surface area contributed by atoms with E-state index in [0.29, 0.717) is 29.5 Å². The van der Waals surface area contributed by atoms with Gasteiger partial charge in [-0.1, -0.05) is 62.4 Å². The summed E-state index contributed by atoms with van der Waals surface area (Å²) in [5.41, 5.74) is 4.99. The molecule has 1 unspecified atom stereocenters. The van der Waals surface area contributed by atoms with Gasteiger partial charge in [0.15, 0.2) is 11.5 Å². The molecule has 2 N–H and O–H groups in total. The van der Waals surface area contributed by atoms with E-state index < -0.39 is 6.23 Å². The first-order valence-corrected chi connectivity index (χ1v) is 11.6. The zero-order valence-corrected chi connectivity index (χ0v) is 19.0. The van der Waals surface area contributed by atoms with Crippen LogP contribution in [0.5, 0.6) is 0 Å². The highest BCUT2D eigenvalue weighted by atomic mass is 16.3. The molecular formula is C26H29N5O2. The molecule has 33 heavy (non-hydrogen) atoms. The standard InChI is InChI=1S/C26H29N5O2/c1-17(2)20-7-3-4-8-21(20)23-27-15-22-24(29-23)31(26(33)28-22)16-18-9-11-19(12-10-18)25(32)30-13-5-6-14-30/h3-4,7-12,15,17,25,32H,5-6,13-14,16H2,1-2H3,(H,28,33). The first kappa shape index (κ1) is 21.6. The van der Waals surface area contributed by atoms with E-state index >= 15 is 0 Å². The maximum atomic E-state index is 12.7. The van der Waals surface area contributed by atoms with Crippen molar-refractivity contribution in [3.63, 3.8) is 0 Å². The van der Waals surface area contributed by atoms with Crippen molar-refractivity contribution in [3.8, 4) is 11.4 Å². The van der Waals surface area contributed by atoms with Crippen molar-refractivity contribution in [2.45, 2.75) is 45.4 Å². The Labute approximate surface area is 192 Å². The lowest BCUT2D eigenvalue weighted by molar-refractivity contribution is 0.0190. The average Bonchev–Trinajstić information content (AvgIpc) is 3.47. The molecular weight excluding hydrogens is 414 g/mol. The number of aliphatic hydroxyl groups excluding tert-OH is 1. The van der Waals surface area contributed by atoms with Gasteiger partial charge in [0, 0.05) is 18.7 Å². The van der Waals surface area contributed by atoms with Gasteiger partial charge in [0.2, 0.25) is 0 Å². The van der Waals surface area contributed by atoms with Gasteiger partial charge in [-0.15, -0.1) is 0 Å². The lowest BCUT2D eigenvalue weighted by Crippen LogP contribution is -2.25. The quantitative estimate of drug-likeness (QED) is 0.470. The number of H-pyrrole nitrogens is 1. The normalized spacial score (nSPS) is 15.5. The lowest BCUT2D eigenvalue weighted by Gasteiger charge is -2.22. The van der Waals surface area contributed by atoms with Crippen molar-refractivity contribution in [3.05, 3.63) is 81.9 Å². The SMILES string of the molecule is CC(C)c1ccccc1-c1ncc2[nH]c(=O)n(Cc3ccc(C(O)N4CCCC4)cc3)c2n1. The zero-order valence-electron chi connectivity index (χ0n) is 19.0. The van der Waals surface area contributed by atoms with E-state index in [-0.39, 0.29) is 5.69 Å². The molecule has 1 aliphatic heterocycles. The molecule has 0 radical (unpaired) electrons. The van der Waals surface area contributed by atoms with Crippen LogP contribution in [0.2, 0.25) is 0 Å². The van der Waals surface area contributed by atoms with Crippen LogP contribution < -0.4 is 5.69 Å². The van der Waals surface area contributed by atoms with E-state index in [1.807, 2.05) is 42.5 Å². The number of benzene rings is 2. The minimum absolute atomic E-state index is 0.213. The molecule has 0 bridgehead atoms. The van der Waals surface area contributed by atoms with E-state index in [9.17, 15) is 9.90 Å². The minimum Gasteiger partial charge on any atom is -0.374 e. The van der Waals surface area contributed by atoms with Crippen molar-refractivity contribution in [2.75, 3.05) is 13.1 Å². The number of likely N-dealkylation sites (tertiary alicyclic amines) is 1. The maximum absolute atomic E-state index is 12.7. The molecule has 7 nitrogen and oxygen atoms in total. The Morgan fingerprint density at radius 1 is 1.06 bits per heavy atom. The van der Waals surface area contributed by atoms with E-state index in [2.05, 4.69) is 34.8 Å². The molecule has 2 aromatic carbocycles. The summed E-state index contributed by atoms with van der Waals surface area (Å²) in [5, 5.41) is 10.6. The summed E-state index contributed by atoms with van der Waals surface area (Å²) in [5.74, 6) is 0.951. The Hall–Kier alpha value is -3.29. The van der Waals surface area contributed by atoms with Crippen LogP contribution in [-0.4, -0.2) is 42.6 Å². The summed E-state index contributed by atoms with van der Waals surface area (Å²) in [7, 11) is 0. The van der Waals surface area contributed by atoms with Gasteiger partial charge in [0.05, 0.1) is 12.7 Å². The largest absolute Gasteiger partial charge is 0.374 e. The summed E-state index contributed by atoms with van der Waals surface area (Å²) in [6.07, 6.45) is 3.37. The van der Waals surface area contributed by atoms with E-state index in [4.69, 9.17) is 4.98 Å². The van der Waals surface area contributed by atoms with Crippen molar-refractivity contribution >= 4 is 11.2 Å². The number of fused-ring (bicyclic) bond motifs is 1. The topological polar surface area (TPSA) is 87.0 Å². The highest BCUT2D eigenvalue weighted by molar-refractivity contribution is 5.73. The first-order chi connectivity index (χ1) is 16.0. The molecule has 2 aromatic heterocycles. The van der Waals surface area contributed by atoms with E-state index in [1.54, 1.807) is 10.8 Å². The van der Waals surface area contributed by atoms with Crippen LogP contribution in [0.3, 0.4) is 0 Å². The van der Waals surface area contributed by atoms with Crippen molar-refractivity contribution in [1.29, 1.82) is 0 Å². The molecule has 4 aromatic rings. The second-order valence-corrected chi connectivity index (χ2v) is 9.05. The van der Waals surface area contributed by atoms with Crippen LogP contribution in [0.1, 0.15) is 55.5 Å². The average molecular weight is 444 g/mol. The van der Waals surface area contributed by atoms with Crippen LogP contribution in [0, 0.1) is 0 Å². The predicted molar refractivity (Wildman–Crippen MR) is 129 cm³/mol. The predicted octanol–water partition coefficient (Wildman–Crippen LogP) is 4.05. The minimum atomic E-state index is -0.575. The number of imidazole rings is 1. The van der Waals surface area contributed by atoms with Crippen molar-refractivity contribution in [2.24, 2.45) is 0 Å². The van der Waals surface area contributed by atoms with Crippen molar-refractivity contribution in [1.82, 2.24) is 24.4 Å². The number of aromatic nitrogens is 4. The summed E-state index contributed by atoms with van der Waals surface area (Å²) in [4.78, 5) is 27.0. The molecule has 0 spiro atoms. The third kappa shape index (κ3) is 4.21. The summed E-state index contributed by atoms with van der Waals surface area (Å²) in [6, 6.07) is 15.9. The number of aliphatic hydroxyl groups is 1. The molecule has 1 saturated heterocycles. The molecule has 1 atom stereocenters. The fraction of sp³-hybridized carbons (Fsp3) is 0.346. The molecule has 0 saturated carbocycles. The smallest absolute Gasteiger partial charge is 0.328 e. The lowest BCUT2D eigenvalue weighted by atomic mass is 9.97. The summed E-state index contributed by atoms with van der Waals surface area (Å²) >= 11 is 0. The summed E-state index contributed by atoms with van der Waals surface area (Å²) < 4.78 is 1.64. The van der Waals surface area contributed by atoms with Gasteiger partial charge in [0.25, 0.3) is 0 Å². The molecule has 7 heteroatoms. The fourth-order valence-electron chi connectivity index (χ4n) is 4.60. The second kappa shape index (κ2) is 8.92. The van der Waals surface area contributed by atoms with Crippen LogP contribution in [0.15, 0.2) is 59.5 Å². The van der Waals surface area contributed by atoms with Gasteiger partial charge in [-0.25, -0.2) is 14.8 Å². The third-order valence-electron chi connectivity index (χ3n) is 6.44. The Morgan fingerprint density at radius 3 is 2.52 bits per heavy atom. The number of hydrogen-bond donors (Lipinski definition) is 2. The Morgan fingerprint density at radius 2 is 1.79 bits per heavy atom. The Kier molecular flexibility index (Phi) is 5.83. The Bertz CT molecular complexity index is 1320. The van der Waals surface area contributed by atoms with Gasteiger partial charge in [-0.3, -0.25) is 9.47 Å². The third-order valence-corrected chi connectivity index (χ3v) is 6.44. The van der Waals surface area contributed by atoms with Crippen LogP contribution in [0.4, 0.5) is 0 Å². The number of aromatic amines is 1. The molecule has 1 aliphatic rings. The van der Waals surface area contributed by atoms with Crippen LogP contribution in [0.25, 0.3) is 22.6 Å². The molecule has 170 valence electrons. The van der Waals surface area contributed by atoms with Crippen LogP contribution >= 0.6 is 0 Å². The van der Waals surface area contributed by atoms with E-state index in [0.717, 1.165) is 42.6 Å². The van der Waals surface area contributed by atoms with Crippen molar-refractivity contribution < 1.29 is 5.11 Å². The number of nitrogens with zero attached hydrogens (tertiary/aromatic N) is 4. The highest BCUT2D eigenvalue weighted by Crippen LogP contribution is 2.27. The number of rotatable bonds is 6. The molecule has 0 aliphatic carbocycles. The van der Waals surface area contributed by atoms with Gasteiger partial charge in [-0.05, 0) is 35.4 Å². The monoisotopic (exact) mass is 443 g/mol. The van der Waals surface area contributed by atoms with Gasteiger partial charge in [0.1, 0.15) is 11.7 Å². The maximum Gasteiger partial charge on any atom is 0.328 e. The van der Waals surface area contributed by atoms with Crippen LogP contribution in [-0.2, 0) is 6.54 Å². The van der Waals surface area contributed by atoms with Gasteiger partial charge < -0.3 is 10.1 Å². The summed E-state index contributed by atoms with van der Waals surface area (Å²) in [6.45, 7) is 6.54. The highest BCUT2D eigenvalue weighted by Gasteiger charge is 2.21. The fourth-order valence-corrected chi connectivity index (χ4v) is 4.60. The Balaban J connectivity index is 1.46. The van der Waals surface area contributed by atoms with Gasteiger partial charge >= 0.3 is 5.69 Å². The molecule has 0 amide bonds. The zero-order chi connectivity index (χ0) is 22.9. The molecule has 1 fully saturated rings. The first-order valence-electron chi connectivity index (χ1n) is 11.6.